The molecule has 1 amide bonds. The number of nitrogens with one attached hydrogen (secondary N) is 3. The van der Waals surface area contributed by atoms with Gasteiger partial charge >= 0.3 is 0 Å². The number of hydrogen-bond acceptors (Lipinski definition) is 3. The average molecular weight is 199 g/mol. The molecule has 0 unspecified atom stereocenters. The number of aromatic amines is 1. The molecule has 0 aliphatic rings. The Balaban J connectivity index is 2.59. The summed E-state index contributed by atoms with van der Waals surface area (Å²) in [6.45, 7) is 1.74. The Morgan fingerprint density at radius 2 is 2.38 bits per heavy atom. The smallest absolute Gasteiger partial charge is 0.290 e. The molecule has 0 radical (unpaired) electrons. The molecule has 0 saturated carbocycles. The number of aromatic nitrogens is 2. The van der Waals surface area contributed by atoms with Crippen molar-refractivity contribution in [3.8, 4) is 0 Å². The second kappa shape index (κ2) is 3.85. The Bertz CT molecular complexity index is 334. The van der Waals surface area contributed by atoms with Crippen LogP contribution in [0, 0.1) is 6.92 Å². The van der Waals surface area contributed by atoms with Crippen LogP contribution in [0.4, 0.5) is 0 Å². The van der Waals surface area contributed by atoms with Gasteiger partial charge in [0.05, 0.1) is 6.33 Å². The third-order valence-electron chi connectivity index (χ3n) is 1.34. The molecule has 0 atom stereocenters. The molecule has 0 aliphatic heterocycles. The van der Waals surface area contributed by atoms with Gasteiger partial charge in [0, 0.05) is 5.69 Å². The Morgan fingerprint density at radius 3 is 2.85 bits per heavy atom. The lowest BCUT2D eigenvalue weighted by Gasteiger charge is -2.04. The summed E-state index contributed by atoms with van der Waals surface area (Å²) in [4.78, 5) is 17.8. The number of H-pyrrole nitrogens is 1. The summed E-state index contributed by atoms with van der Waals surface area (Å²) < 4.78 is 0. The summed E-state index contributed by atoms with van der Waals surface area (Å²) in [6, 6.07) is 0. The van der Waals surface area contributed by atoms with Crippen LogP contribution in [0.1, 0.15) is 16.2 Å². The van der Waals surface area contributed by atoms with E-state index in [1.54, 1.807) is 6.92 Å². The van der Waals surface area contributed by atoms with Crippen LogP contribution in [0.3, 0.4) is 0 Å². The zero-order valence-electron chi connectivity index (χ0n) is 6.92. The third-order valence-corrected chi connectivity index (χ3v) is 1.45. The van der Waals surface area contributed by atoms with E-state index in [-0.39, 0.29) is 11.0 Å². The summed E-state index contributed by atoms with van der Waals surface area (Å²) in [7, 11) is 0. The molecule has 1 rings (SSSR count). The van der Waals surface area contributed by atoms with Crippen molar-refractivity contribution in [1.82, 2.24) is 20.8 Å². The molecule has 13 heavy (non-hydrogen) atoms. The predicted molar refractivity (Wildman–Crippen MR) is 50.7 cm³/mol. The Kier molecular flexibility index (Phi) is 2.80. The zero-order chi connectivity index (χ0) is 9.84. The normalized spacial score (nSPS) is 9.31. The van der Waals surface area contributed by atoms with Crippen LogP contribution in [0.25, 0.3) is 0 Å². The fraction of sp³-hybridized carbons (Fsp3) is 0.167. The summed E-state index contributed by atoms with van der Waals surface area (Å²) in [6.07, 6.45) is 1.44. The van der Waals surface area contributed by atoms with E-state index in [2.05, 4.69) is 33.0 Å². The fourth-order valence-electron chi connectivity index (χ4n) is 0.765. The Labute approximate surface area is 79.9 Å². The average Bonchev–Trinajstić information content (AvgIpc) is 2.47. The number of hydrogen-bond donors (Lipinski definition) is 4. The van der Waals surface area contributed by atoms with E-state index < -0.39 is 0 Å². The van der Waals surface area contributed by atoms with Crippen LogP contribution in [0.2, 0.25) is 0 Å². The first-order chi connectivity index (χ1) is 6.11. The minimum Gasteiger partial charge on any atom is -0.375 e. The molecule has 1 heterocycles. The van der Waals surface area contributed by atoms with Crippen molar-refractivity contribution in [3.63, 3.8) is 0 Å². The molecule has 1 aromatic heterocycles. The van der Waals surface area contributed by atoms with Crippen LogP contribution < -0.4 is 16.6 Å². The molecule has 70 valence electrons. The van der Waals surface area contributed by atoms with E-state index in [4.69, 9.17) is 5.73 Å². The van der Waals surface area contributed by atoms with Crippen LogP contribution in [0.5, 0.6) is 0 Å². The van der Waals surface area contributed by atoms with Gasteiger partial charge in [-0.05, 0) is 19.1 Å². The third kappa shape index (κ3) is 2.41. The van der Waals surface area contributed by atoms with Gasteiger partial charge < -0.3 is 10.7 Å². The Morgan fingerprint density at radius 1 is 1.69 bits per heavy atom. The summed E-state index contributed by atoms with van der Waals surface area (Å²) in [5, 5.41) is 0.00142. The molecular formula is C6H9N5OS. The van der Waals surface area contributed by atoms with Gasteiger partial charge in [0.15, 0.2) is 10.8 Å². The van der Waals surface area contributed by atoms with E-state index in [9.17, 15) is 4.79 Å². The minimum atomic E-state index is -0.383. The van der Waals surface area contributed by atoms with Crippen LogP contribution in [-0.4, -0.2) is 21.0 Å². The van der Waals surface area contributed by atoms with Crippen molar-refractivity contribution in [2.45, 2.75) is 6.92 Å². The number of aryl methyl sites for hydroxylation is 1. The van der Waals surface area contributed by atoms with Gasteiger partial charge in [-0.15, -0.1) is 0 Å². The number of thiocarbonyl (C=S) groups is 1. The lowest BCUT2D eigenvalue weighted by atomic mass is 10.3. The molecule has 7 heteroatoms. The van der Waals surface area contributed by atoms with Gasteiger partial charge in [0.1, 0.15) is 0 Å². The van der Waals surface area contributed by atoms with Crippen LogP contribution in [-0.2, 0) is 0 Å². The number of rotatable bonds is 1. The minimum absolute atomic E-state index is 0.00142. The summed E-state index contributed by atoms with van der Waals surface area (Å²) in [5.41, 5.74) is 10.7. The maximum atomic E-state index is 11.3. The zero-order valence-corrected chi connectivity index (χ0v) is 7.73. The predicted octanol–water partition coefficient (Wildman–Crippen LogP) is -0.804. The summed E-state index contributed by atoms with van der Waals surface area (Å²) >= 11 is 4.50. The van der Waals surface area contributed by atoms with Crippen molar-refractivity contribution >= 4 is 23.2 Å². The molecule has 0 bridgehead atoms. The van der Waals surface area contributed by atoms with Crippen molar-refractivity contribution in [1.29, 1.82) is 0 Å². The van der Waals surface area contributed by atoms with E-state index in [0.717, 1.165) is 0 Å². The number of hydrazine groups is 1. The van der Waals surface area contributed by atoms with Crippen LogP contribution >= 0.6 is 12.2 Å². The van der Waals surface area contributed by atoms with Crippen molar-refractivity contribution in [2.24, 2.45) is 5.73 Å². The van der Waals surface area contributed by atoms with Crippen molar-refractivity contribution in [3.05, 3.63) is 17.7 Å². The SMILES string of the molecule is Cc1[nH]cnc1C(=O)NNC(N)=S. The number of nitrogens with zero attached hydrogens (tertiary/aromatic N) is 1. The number of amides is 1. The maximum Gasteiger partial charge on any atom is 0.290 e. The monoisotopic (exact) mass is 199 g/mol. The van der Waals surface area contributed by atoms with Gasteiger partial charge in [0.25, 0.3) is 5.91 Å². The van der Waals surface area contributed by atoms with Crippen LogP contribution in [0.15, 0.2) is 6.33 Å². The number of imidazole rings is 1. The Hall–Kier alpha value is -1.63. The highest BCUT2D eigenvalue weighted by atomic mass is 32.1. The molecule has 0 aromatic carbocycles. The number of carbonyl (C=O) groups is 1. The molecule has 1 aromatic rings. The first-order valence-corrected chi connectivity index (χ1v) is 3.88. The quantitative estimate of drug-likeness (QED) is 0.350. The molecular weight excluding hydrogens is 190 g/mol. The molecule has 0 fully saturated rings. The molecule has 0 saturated heterocycles. The number of carbonyl (C=O) groups excluding carboxylic acids is 1. The molecule has 0 spiro atoms. The van der Waals surface area contributed by atoms with E-state index in [1.807, 2.05) is 0 Å². The second-order valence-electron chi connectivity index (χ2n) is 2.32. The van der Waals surface area contributed by atoms with Gasteiger partial charge in [0.2, 0.25) is 0 Å². The first kappa shape index (κ1) is 9.46. The van der Waals surface area contributed by atoms with E-state index in [0.29, 0.717) is 11.4 Å². The first-order valence-electron chi connectivity index (χ1n) is 3.47. The highest BCUT2D eigenvalue weighted by Crippen LogP contribution is 1.98. The van der Waals surface area contributed by atoms with Gasteiger partial charge in [-0.25, -0.2) is 4.98 Å². The topological polar surface area (TPSA) is 95.8 Å². The molecule has 0 aliphatic carbocycles. The van der Waals surface area contributed by atoms with Crippen molar-refractivity contribution in [2.75, 3.05) is 0 Å². The van der Waals surface area contributed by atoms with Gasteiger partial charge in [-0.2, -0.15) is 0 Å². The second-order valence-corrected chi connectivity index (χ2v) is 2.76. The fourth-order valence-corrected chi connectivity index (χ4v) is 0.816. The van der Waals surface area contributed by atoms with E-state index >= 15 is 0 Å². The van der Waals surface area contributed by atoms with E-state index in [1.165, 1.54) is 6.33 Å². The lowest BCUT2D eigenvalue weighted by molar-refractivity contribution is 0.0939. The van der Waals surface area contributed by atoms with Gasteiger partial charge in [-0.3, -0.25) is 15.6 Å². The highest BCUT2D eigenvalue weighted by Gasteiger charge is 2.10. The van der Waals surface area contributed by atoms with Gasteiger partial charge in [-0.1, -0.05) is 0 Å². The van der Waals surface area contributed by atoms with Crippen molar-refractivity contribution < 1.29 is 4.79 Å². The molecule has 6 nitrogen and oxygen atoms in total. The lowest BCUT2D eigenvalue weighted by Crippen LogP contribution is -2.44. The standard InChI is InChI=1S/C6H9N5OS/c1-3-4(9-2-8-3)5(12)10-11-6(7)13/h2H,1H3,(H,8,9)(H,10,12)(H3,7,11,13). The number of nitrogens with two attached hydrogens (primary N) is 1. The maximum absolute atomic E-state index is 11.3. The summed E-state index contributed by atoms with van der Waals surface area (Å²) in [5.74, 6) is -0.383. The largest absolute Gasteiger partial charge is 0.375 e. The highest BCUT2D eigenvalue weighted by molar-refractivity contribution is 7.80. The molecule has 5 N–H and O–H groups in total.